The minimum Gasteiger partial charge on any atom is -0.315 e. The van der Waals surface area contributed by atoms with Crippen molar-refractivity contribution in [3.8, 4) is 0 Å². The van der Waals surface area contributed by atoms with E-state index >= 15 is 0 Å². The Labute approximate surface area is 157 Å². The van der Waals surface area contributed by atoms with Crippen LogP contribution in [0.2, 0.25) is 0 Å². The van der Waals surface area contributed by atoms with Gasteiger partial charge in [-0.05, 0) is 69.3 Å². The van der Waals surface area contributed by atoms with Crippen LogP contribution in [0.15, 0.2) is 24.3 Å². The maximum Gasteiger partial charge on any atom is 0.239 e. The number of anilines is 1. The van der Waals surface area contributed by atoms with E-state index in [-0.39, 0.29) is 5.25 Å². The normalized spacial score (nSPS) is 30.1. The van der Waals surface area contributed by atoms with Crippen molar-refractivity contribution >= 4 is 15.7 Å². The van der Waals surface area contributed by atoms with Crippen LogP contribution in [0, 0.1) is 0 Å². The number of hydrogen-bond donors (Lipinski definition) is 1. The van der Waals surface area contributed by atoms with Gasteiger partial charge in [-0.2, -0.15) is 0 Å². The van der Waals surface area contributed by atoms with Gasteiger partial charge in [0, 0.05) is 25.7 Å². The summed E-state index contributed by atoms with van der Waals surface area (Å²) in [5.74, 6) is 0. The molecule has 5 nitrogen and oxygen atoms in total. The molecule has 3 heterocycles. The Morgan fingerprint density at radius 3 is 2.58 bits per heavy atom. The molecule has 1 aromatic carbocycles. The Hall–Kier alpha value is -1.11. The predicted molar refractivity (Wildman–Crippen MR) is 106 cm³/mol. The zero-order valence-corrected chi connectivity index (χ0v) is 16.5. The first-order chi connectivity index (χ1) is 12.6. The summed E-state index contributed by atoms with van der Waals surface area (Å²) in [6, 6.07) is 9.53. The Balaban J connectivity index is 1.48. The lowest BCUT2D eigenvalue weighted by Crippen LogP contribution is -2.45. The third-order valence-corrected chi connectivity index (χ3v) is 8.76. The summed E-state index contributed by atoms with van der Waals surface area (Å²) >= 11 is 0. The molecule has 0 radical (unpaired) electrons. The zero-order valence-electron chi connectivity index (χ0n) is 15.7. The van der Waals surface area contributed by atoms with Crippen molar-refractivity contribution < 1.29 is 8.42 Å². The van der Waals surface area contributed by atoms with Gasteiger partial charge in [0.05, 0.1) is 10.9 Å². The summed E-state index contributed by atoms with van der Waals surface area (Å²) in [7, 11) is -1.62. The molecular weight excluding hydrogens is 346 g/mol. The summed E-state index contributed by atoms with van der Waals surface area (Å²) in [6.45, 7) is 2.69. The quantitative estimate of drug-likeness (QED) is 0.877. The number of rotatable bonds is 4. The highest BCUT2D eigenvalue weighted by atomic mass is 32.2. The number of benzene rings is 1. The Kier molecular flexibility index (Phi) is 5.26. The summed E-state index contributed by atoms with van der Waals surface area (Å²) in [4.78, 5) is 2.67. The van der Waals surface area contributed by atoms with Crippen molar-refractivity contribution in [1.82, 2.24) is 10.2 Å². The van der Waals surface area contributed by atoms with Gasteiger partial charge in [-0.25, -0.2) is 8.42 Å². The van der Waals surface area contributed by atoms with Crippen LogP contribution in [-0.4, -0.2) is 51.3 Å². The standard InChI is InChI=1S/C20H31N3O2S/c1-22(26(24,25)19-6-4-13-21-15-19)17-9-7-16(8-10-17)20-12-11-18-5-2-3-14-23(18)20/h7-10,18-21H,2-6,11-15H2,1H3. The van der Waals surface area contributed by atoms with E-state index in [0.717, 1.165) is 31.1 Å². The van der Waals surface area contributed by atoms with Gasteiger partial charge in [0.15, 0.2) is 0 Å². The summed E-state index contributed by atoms with van der Waals surface area (Å²) < 4.78 is 27.3. The average molecular weight is 378 g/mol. The molecule has 3 fully saturated rings. The van der Waals surface area contributed by atoms with Gasteiger partial charge < -0.3 is 5.32 Å². The molecule has 0 aliphatic carbocycles. The minimum absolute atomic E-state index is 0.315. The topological polar surface area (TPSA) is 52.7 Å². The van der Waals surface area contributed by atoms with E-state index in [9.17, 15) is 8.42 Å². The van der Waals surface area contributed by atoms with Crippen LogP contribution in [0.4, 0.5) is 5.69 Å². The van der Waals surface area contributed by atoms with Crippen molar-refractivity contribution in [3.05, 3.63) is 29.8 Å². The van der Waals surface area contributed by atoms with Gasteiger partial charge in [-0.3, -0.25) is 9.21 Å². The predicted octanol–water partition coefficient (Wildman–Crippen LogP) is 2.89. The highest BCUT2D eigenvalue weighted by Gasteiger charge is 2.36. The number of nitrogens with one attached hydrogen (secondary N) is 1. The first kappa shape index (κ1) is 18.3. The highest BCUT2D eigenvalue weighted by Crippen LogP contribution is 2.40. The third kappa shape index (κ3) is 3.39. The molecule has 4 rings (SSSR count). The minimum atomic E-state index is -3.31. The largest absolute Gasteiger partial charge is 0.315 e. The SMILES string of the molecule is CN(c1ccc(C2CCC3CCCCN32)cc1)S(=O)(=O)C1CCCNC1. The van der Waals surface area contributed by atoms with Crippen LogP contribution >= 0.6 is 0 Å². The lowest BCUT2D eigenvalue weighted by atomic mass is 10.0. The second-order valence-corrected chi connectivity index (χ2v) is 10.3. The number of hydrogen-bond acceptors (Lipinski definition) is 4. The number of fused-ring (bicyclic) bond motifs is 1. The van der Waals surface area contributed by atoms with Crippen LogP contribution in [0.25, 0.3) is 0 Å². The van der Waals surface area contributed by atoms with Gasteiger partial charge in [0.1, 0.15) is 0 Å². The van der Waals surface area contributed by atoms with Crippen LogP contribution in [0.5, 0.6) is 0 Å². The molecule has 0 aromatic heterocycles. The van der Waals surface area contributed by atoms with E-state index in [2.05, 4.69) is 22.3 Å². The van der Waals surface area contributed by atoms with E-state index in [4.69, 9.17) is 0 Å². The second-order valence-electron chi connectivity index (χ2n) is 8.05. The van der Waals surface area contributed by atoms with Crippen molar-refractivity contribution in [1.29, 1.82) is 0 Å². The van der Waals surface area contributed by atoms with Gasteiger partial charge >= 0.3 is 0 Å². The second kappa shape index (κ2) is 7.49. The molecule has 0 spiro atoms. The molecule has 0 saturated carbocycles. The maximum atomic E-state index is 12.9. The van der Waals surface area contributed by atoms with Crippen molar-refractivity contribution in [2.45, 2.75) is 62.3 Å². The molecule has 3 aliphatic heterocycles. The van der Waals surface area contributed by atoms with E-state index in [1.165, 1.54) is 48.5 Å². The number of piperidine rings is 2. The van der Waals surface area contributed by atoms with E-state index < -0.39 is 10.0 Å². The molecular formula is C20H31N3O2S. The first-order valence-electron chi connectivity index (χ1n) is 10.1. The lowest BCUT2D eigenvalue weighted by molar-refractivity contribution is 0.150. The fraction of sp³-hybridized carbons (Fsp3) is 0.700. The molecule has 1 N–H and O–H groups in total. The summed E-state index contributed by atoms with van der Waals surface area (Å²) in [5.41, 5.74) is 2.11. The fourth-order valence-corrected chi connectivity index (χ4v) is 6.62. The van der Waals surface area contributed by atoms with Gasteiger partial charge in [0.25, 0.3) is 0 Å². The van der Waals surface area contributed by atoms with Crippen LogP contribution in [0.1, 0.15) is 56.6 Å². The molecule has 3 saturated heterocycles. The van der Waals surface area contributed by atoms with Gasteiger partial charge in [0.2, 0.25) is 10.0 Å². The van der Waals surface area contributed by atoms with Crippen molar-refractivity contribution in [3.63, 3.8) is 0 Å². The molecule has 1 aromatic rings. The number of sulfonamides is 1. The van der Waals surface area contributed by atoms with Crippen LogP contribution in [0.3, 0.4) is 0 Å². The molecule has 0 amide bonds. The van der Waals surface area contributed by atoms with Crippen LogP contribution < -0.4 is 9.62 Å². The number of nitrogens with zero attached hydrogens (tertiary/aromatic N) is 2. The molecule has 26 heavy (non-hydrogen) atoms. The maximum absolute atomic E-state index is 12.9. The molecule has 144 valence electrons. The summed E-state index contributed by atoms with van der Waals surface area (Å²) in [5, 5.41) is 2.89. The smallest absolute Gasteiger partial charge is 0.239 e. The van der Waals surface area contributed by atoms with E-state index in [1.54, 1.807) is 7.05 Å². The summed E-state index contributed by atoms with van der Waals surface area (Å²) in [6.07, 6.45) is 8.21. The van der Waals surface area contributed by atoms with Crippen molar-refractivity contribution in [2.75, 3.05) is 31.0 Å². The first-order valence-corrected chi connectivity index (χ1v) is 11.6. The lowest BCUT2D eigenvalue weighted by Gasteiger charge is -2.34. The van der Waals surface area contributed by atoms with E-state index in [1.807, 2.05) is 12.1 Å². The molecule has 3 unspecified atom stereocenters. The molecule has 3 atom stereocenters. The van der Waals surface area contributed by atoms with E-state index in [0.29, 0.717) is 12.6 Å². The monoisotopic (exact) mass is 377 g/mol. The zero-order chi connectivity index (χ0) is 18.1. The van der Waals surface area contributed by atoms with Gasteiger partial charge in [-0.15, -0.1) is 0 Å². The fourth-order valence-electron chi connectivity index (χ4n) is 4.97. The third-order valence-electron chi connectivity index (χ3n) is 6.54. The van der Waals surface area contributed by atoms with Crippen LogP contribution in [-0.2, 0) is 10.0 Å². The highest BCUT2D eigenvalue weighted by molar-refractivity contribution is 7.93. The molecule has 3 aliphatic rings. The average Bonchev–Trinajstić information content (AvgIpc) is 3.12. The van der Waals surface area contributed by atoms with Gasteiger partial charge in [-0.1, -0.05) is 18.6 Å². The molecule has 6 heteroatoms. The van der Waals surface area contributed by atoms with Crippen molar-refractivity contribution in [2.24, 2.45) is 0 Å². The Bertz CT molecular complexity index is 713. The Morgan fingerprint density at radius 1 is 1.04 bits per heavy atom. The molecule has 0 bridgehead atoms. The Morgan fingerprint density at radius 2 is 1.85 bits per heavy atom.